The van der Waals surface area contributed by atoms with Crippen LogP contribution in [0.4, 0.5) is 11.9 Å². The maximum atomic E-state index is 13.5. The molecule has 14 N–H and O–H groups in total. The van der Waals surface area contributed by atoms with E-state index in [2.05, 4.69) is 33.5 Å². The fourth-order valence-electron chi connectivity index (χ4n) is 8.45. The van der Waals surface area contributed by atoms with Crippen LogP contribution in [0.2, 0.25) is 0 Å². The number of H-pyrrole nitrogens is 3. The van der Waals surface area contributed by atoms with E-state index in [0.717, 1.165) is 30.3 Å². The number of nitrogens with one attached hydrogen (secondary N) is 3. The number of hydrogen-bond acceptors (Lipinski definition) is 26. The largest absolute Gasteiger partial charge is 0.490 e. The van der Waals surface area contributed by atoms with Gasteiger partial charge in [0.15, 0.2) is 29.9 Å². The van der Waals surface area contributed by atoms with Crippen molar-refractivity contribution in [1.29, 1.82) is 0 Å². The maximum Gasteiger partial charge on any atom is 0.490 e. The zero-order valence-corrected chi connectivity index (χ0v) is 41.7. The van der Waals surface area contributed by atoms with Crippen LogP contribution in [0, 0.1) is 5.92 Å². The number of rotatable bonds is 20. The van der Waals surface area contributed by atoms with Crippen LogP contribution in [0.25, 0.3) is 22.3 Å². The van der Waals surface area contributed by atoms with E-state index in [-0.39, 0.29) is 40.6 Å². The number of methoxy groups -OCH3 is 1. The number of hydrogen-bond donors (Lipinski definition) is 12. The highest BCUT2D eigenvalue weighted by molar-refractivity contribution is 7.66. The highest BCUT2D eigenvalue weighted by Gasteiger charge is 2.53. The SMILES string of the molecule is CC[C@H]1[C@@H](O)[C@H]([n+]2cn(C)c3c(=O)[nH]c(N)nc32)O[C@@H]1COP(=O)(O)OP(=O)(O)OP(=O)(O)OC[C@H]1O[C@@H](n2ccc(=O)[nH]c2=O)[C@H](OC)[C@@H]1OP(=O)(O)OC[C@H]1O[C@@H](n2cnc3c(=O)[nH]c(N)nc32)[C@H](O)[C@@H]1O. The first-order valence-corrected chi connectivity index (χ1v) is 27.3. The number of nitrogens with zero attached hydrogens (tertiary/aromatic N) is 7. The molecule has 3 saturated heterocycles. The van der Waals surface area contributed by atoms with Gasteiger partial charge in [-0.05, 0) is 6.42 Å². The van der Waals surface area contributed by atoms with E-state index >= 15 is 0 Å². The molecule has 0 aliphatic carbocycles. The molecule has 5 aromatic rings. The van der Waals surface area contributed by atoms with Crippen LogP contribution in [0.5, 0.6) is 0 Å². The third-order valence-electron chi connectivity index (χ3n) is 11.7. The van der Waals surface area contributed by atoms with Gasteiger partial charge in [0, 0.05) is 25.3 Å². The summed E-state index contributed by atoms with van der Waals surface area (Å²) >= 11 is 0. The van der Waals surface area contributed by atoms with Crippen molar-refractivity contribution in [1.82, 2.24) is 43.6 Å². The Hall–Kier alpha value is -4.78. The Morgan fingerprint density at radius 1 is 0.743 bits per heavy atom. The lowest BCUT2D eigenvalue weighted by atomic mass is 9.95. The molecule has 0 saturated carbocycles. The van der Waals surface area contributed by atoms with Gasteiger partial charge in [-0.1, -0.05) is 11.9 Å². The normalized spacial score (nSPS) is 30.6. The van der Waals surface area contributed by atoms with Crippen LogP contribution in [0.3, 0.4) is 0 Å². The van der Waals surface area contributed by atoms with Crippen molar-refractivity contribution in [2.24, 2.45) is 13.0 Å². The molecule has 408 valence electrons. The van der Waals surface area contributed by atoms with Gasteiger partial charge in [-0.3, -0.25) is 61.1 Å². The fourth-order valence-corrected chi connectivity index (χ4v) is 12.9. The van der Waals surface area contributed by atoms with Crippen molar-refractivity contribution in [3.63, 3.8) is 0 Å². The number of aromatic amines is 3. The fraction of sp³-hybridized carbons (Fsp3) is 0.576. The third kappa shape index (κ3) is 11.5. The lowest BCUT2D eigenvalue weighted by Crippen LogP contribution is -2.45. The van der Waals surface area contributed by atoms with Gasteiger partial charge in [0.2, 0.25) is 17.7 Å². The van der Waals surface area contributed by atoms with Gasteiger partial charge in [-0.25, -0.2) is 32.6 Å². The minimum Gasteiger partial charge on any atom is -0.387 e. The molecular weight excluding hydrogens is 1090 g/mol. The van der Waals surface area contributed by atoms with Gasteiger partial charge in [-0.15, -0.1) is 0 Å². The number of aliphatic hydroxyl groups excluding tert-OH is 3. The predicted molar refractivity (Wildman–Crippen MR) is 238 cm³/mol. The zero-order valence-electron chi connectivity index (χ0n) is 38.1. The van der Waals surface area contributed by atoms with Crippen molar-refractivity contribution in [2.75, 3.05) is 38.4 Å². The highest BCUT2D eigenvalue weighted by Crippen LogP contribution is 2.68. The standard InChI is InChI=1S/C33H46N12O25P4/c1-4-12-13(65-28(19(12)47)45-11-42(2)18-25(45)39-32(35)41-27(18)51)7-63-72(55,56)69-74(59,60)70-73(57,58)64-9-15-22(23(61-3)30(67-15)43-6-5-16(46)37-33(43)52)68-71(53,54)62-8-14-20(48)21(49)29(66-14)44-10-36-17-24(44)38-31(34)40-26(17)50/h5-6,10-15,19-23,28-30,47-49H,4,7-9H2,1-3H3,(H10-,34,35,37,38,39,40,41,46,50,51,52,53,54,55,56,57,58,59,60)/p+1/t12-,13-,14-,15-,19-,20-,21-,22-,23-,28-,29-,30-/m1/s1. The maximum absolute atomic E-state index is 13.5. The monoisotopic (exact) mass is 1140 g/mol. The molecule has 5 aromatic heterocycles. The average molecular weight is 1140 g/mol. The van der Waals surface area contributed by atoms with Crippen LogP contribution in [0.15, 0.2) is 44.1 Å². The molecule has 0 radical (unpaired) electrons. The van der Waals surface area contributed by atoms with E-state index in [0.29, 0.717) is 4.57 Å². The predicted octanol–water partition coefficient (Wildman–Crippen LogP) is -3.92. The lowest BCUT2D eigenvalue weighted by molar-refractivity contribution is -0.745. The summed E-state index contributed by atoms with van der Waals surface area (Å²) in [5.41, 5.74) is 7.67. The number of ether oxygens (including phenoxy) is 4. The van der Waals surface area contributed by atoms with Gasteiger partial charge in [0.1, 0.15) is 42.7 Å². The molecule has 3 fully saturated rings. The smallest absolute Gasteiger partial charge is 0.387 e. The lowest BCUT2D eigenvalue weighted by Gasteiger charge is -2.26. The molecule has 4 unspecified atom stereocenters. The Kier molecular flexibility index (Phi) is 15.7. The Balaban J connectivity index is 0.922. The molecule has 0 spiro atoms. The van der Waals surface area contributed by atoms with E-state index in [1.165, 1.54) is 22.5 Å². The minimum atomic E-state index is -6.18. The average Bonchev–Trinajstić information content (AvgIpc) is 4.09. The molecular formula is C33H47N12O25P4+. The number of nitrogens with two attached hydrogens (primary N) is 2. The second-order valence-corrected chi connectivity index (χ2v) is 22.5. The zero-order chi connectivity index (χ0) is 54.0. The van der Waals surface area contributed by atoms with E-state index in [9.17, 15) is 72.3 Å². The summed E-state index contributed by atoms with van der Waals surface area (Å²) < 4.78 is 108. The van der Waals surface area contributed by atoms with Gasteiger partial charge in [0.25, 0.3) is 22.6 Å². The molecule has 8 heterocycles. The number of aryl methyl sites for hydroxylation is 1. The van der Waals surface area contributed by atoms with Crippen molar-refractivity contribution in [2.45, 2.75) is 80.9 Å². The Morgan fingerprint density at radius 2 is 1.35 bits per heavy atom. The van der Waals surface area contributed by atoms with Crippen LogP contribution in [0.1, 0.15) is 32.0 Å². The number of phosphoric ester groups is 3. The Morgan fingerprint density at radius 3 is 2.00 bits per heavy atom. The van der Waals surface area contributed by atoms with E-state index in [1.807, 2.05) is 4.98 Å². The number of aliphatic hydroxyl groups is 3. The van der Waals surface area contributed by atoms with E-state index < -0.39 is 147 Å². The molecule has 3 aliphatic rings. The van der Waals surface area contributed by atoms with Crippen LogP contribution < -0.4 is 38.4 Å². The summed E-state index contributed by atoms with van der Waals surface area (Å²) in [7, 11) is -20.9. The minimum absolute atomic E-state index is 0.00364. The van der Waals surface area contributed by atoms with Crippen molar-refractivity contribution in [3.05, 3.63) is 66.5 Å². The van der Waals surface area contributed by atoms with Crippen molar-refractivity contribution < 1.29 is 103 Å². The molecule has 0 aromatic carbocycles. The molecule has 74 heavy (non-hydrogen) atoms. The molecule has 41 heteroatoms. The Bertz CT molecular complexity index is 3370. The number of nitrogen functional groups attached to an aromatic ring is 2. The van der Waals surface area contributed by atoms with Crippen molar-refractivity contribution in [3.8, 4) is 0 Å². The molecule has 0 bridgehead atoms. The second-order valence-electron chi connectivity index (χ2n) is 16.5. The van der Waals surface area contributed by atoms with E-state index in [1.54, 1.807) is 6.92 Å². The van der Waals surface area contributed by atoms with Crippen LogP contribution in [-0.4, -0.2) is 154 Å². The first-order valence-electron chi connectivity index (χ1n) is 21.3. The van der Waals surface area contributed by atoms with Gasteiger partial charge in [-0.2, -0.15) is 13.6 Å². The topological polar surface area (TPSA) is 527 Å². The van der Waals surface area contributed by atoms with Gasteiger partial charge in [0.05, 0.1) is 39.3 Å². The highest BCUT2D eigenvalue weighted by atomic mass is 31.3. The summed E-state index contributed by atoms with van der Waals surface area (Å²) in [6.07, 6.45) is -14.5. The molecule has 3 aliphatic heterocycles. The second kappa shape index (κ2) is 21.0. The molecule has 16 atom stereocenters. The third-order valence-corrected chi connectivity index (χ3v) is 16.9. The summed E-state index contributed by atoms with van der Waals surface area (Å²) in [4.78, 5) is 110. The molecule has 0 amide bonds. The first-order chi connectivity index (χ1) is 34.6. The quantitative estimate of drug-likeness (QED) is 0.0262. The number of phosphoric acid groups is 4. The molecule has 37 nitrogen and oxygen atoms in total. The van der Waals surface area contributed by atoms with Crippen LogP contribution >= 0.6 is 31.3 Å². The van der Waals surface area contributed by atoms with Crippen molar-refractivity contribution >= 4 is 65.5 Å². The number of aromatic nitrogens is 10. The van der Waals surface area contributed by atoms with Gasteiger partial charge >= 0.3 is 42.6 Å². The van der Waals surface area contributed by atoms with Crippen LogP contribution in [-0.2, 0) is 71.0 Å². The summed E-state index contributed by atoms with van der Waals surface area (Å²) in [5.74, 6) is -1.43. The summed E-state index contributed by atoms with van der Waals surface area (Å²) in [5, 5.41) is 32.8. The van der Waals surface area contributed by atoms with Gasteiger partial charge < -0.3 is 65.3 Å². The number of imidazole rings is 2. The molecule has 8 rings (SSSR count). The summed E-state index contributed by atoms with van der Waals surface area (Å²) in [6.45, 7) is -1.63. The summed E-state index contributed by atoms with van der Waals surface area (Å²) in [6, 6.07) is 0.868. The Labute approximate surface area is 410 Å². The van der Waals surface area contributed by atoms with E-state index in [4.69, 9.17) is 48.5 Å². The number of fused-ring (bicyclic) bond motifs is 2. The first kappa shape index (κ1) is 55.5. The number of anilines is 2.